The van der Waals surface area contributed by atoms with Crippen molar-refractivity contribution in [3.8, 4) is 0 Å². The number of rotatable bonds is 3. The topological polar surface area (TPSA) is 38.8 Å². The minimum Gasteiger partial charge on any atom is -0.467 e. The van der Waals surface area contributed by atoms with Crippen molar-refractivity contribution in [2.24, 2.45) is 0 Å². The van der Waals surface area contributed by atoms with E-state index in [0.717, 1.165) is 0 Å². The summed E-state index contributed by atoms with van der Waals surface area (Å²) in [6, 6.07) is 6.34. The first kappa shape index (κ1) is 11.1. The molecule has 0 aromatic heterocycles. The lowest BCUT2D eigenvalue weighted by Crippen LogP contribution is -2.20. The van der Waals surface area contributed by atoms with Crippen LogP contribution in [0.3, 0.4) is 0 Å². The molecule has 1 aromatic rings. The molecule has 0 amide bonds. The number of hydrogen-bond donors (Lipinski definition) is 0. The van der Waals surface area contributed by atoms with Crippen molar-refractivity contribution in [3.63, 3.8) is 0 Å². The number of benzene rings is 1. The van der Waals surface area contributed by atoms with Crippen molar-refractivity contribution < 1.29 is 18.7 Å². The predicted molar refractivity (Wildman–Crippen MR) is 55.3 cm³/mol. The minimum atomic E-state index is -0.835. The fraction of sp³-hybridized carbons (Fsp3) is 0.417. The van der Waals surface area contributed by atoms with E-state index in [-0.39, 0.29) is 5.82 Å². The Balaban J connectivity index is 2.33. The van der Waals surface area contributed by atoms with Gasteiger partial charge in [-0.25, -0.2) is 9.18 Å². The second-order valence-electron chi connectivity index (χ2n) is 3.74. The largest absolute Gasteiger partial charge is 0.467 e. The van der Waals surface area contributed by atoms with Crippen molar-refractivity contribution in [2.75, 3.05) is 7.11 Å². The van der Waals surface area contributed by atoms with Gasteiger partial charge in [-0.2, -0.15) is 0 Å². The molecule has 2 unspecified atom stereocenters. The first-order valence-electron chi connectivity index (χ1n) is 5.16. The van der Waals surface area contributed by atoms with Crippen LogP contribution in [0.2, 0.25) is 0 Å². The Morgan fingerprint density at radius 3 is 2.81 bits per heavy atom. The van der Waals surface area contributed by atoms with Gasteiger partial charge in [-0.15, -0.1) is 0 Å². The van der Waals surface area contributed by atoms with E-state index < -0.39 is 17.7 Å². The van der Waals surface area contributed by atoms with Gasteiger partial charge in [0.25, 0.3) is 0 Å². The second kappa shape index (κ2) is 3.87. The monoisotopic (exact) mass is 224 g/mol. The van der Waals surface area contributed by atoms with Gasteiger partial charge in [-0.05, 0) is 12.5 Å². The van der Waals surface area contributed by atoms with Gasteiger partial charge in [0, 0.05) is 5.56 Å². The smallest absolute Gasteiger partial charge is 0.338 e. The number of methoxy groups -OCH3 is 1. The summed E-state index contributed by atoms with van der Waals surface area (Å²) in [7, 11) is 1.30. The molecule has 0 radical (unpaired) electrons. The molecule has 86 valence electrons. The first-order valence-corrected chi connectivity index (χ1v) is 5.16. The molecule has 0 N–H and O–H groups in total. The number of carbonyl (C=O) groups is 1. The predicted octanol–water partition coefficient (Wildman–Crippen LogP) is 2.00. The number of epoxide rings is 1. The third-order valence-corrected chi connectivity index (χ3v) is 2.96. The molecular weight excluding hydrogens is 211 g/mol. The average Bonchev–Trinajstić information content (AvgIpc) is 3.04. The van der Waals surface area contributed by atoms with Crippen molar-refractivity contribution in [1.29, 1.82) is 0 Å². The van der Waals surface area contributed by atoms with Crippen LogP contribution < -0.4 is 0 Å². The van der Waals surface area contributed by atoms with E-state index in [4.69, 9.17) is 4.74 Å². The van der Waals surface area contributed by atoms with Gasteiger partial charge < -0.3 is 9.47 Å². The Morgan fingerprint density at radius 2 is 2.25 bits per heavy atom. The standard InChI is InChI=1S/C12H13FO3/c1-3-12(10(16-12)11(14)15-2)8-6-4-5-7-9(8)13/h4-7,10H,3H2,1-2H3. The van der Waals surface area contributed by atoms with Crippen LogP contribution >= 0.6 is 0 Å². The van der Waals surface area contributed by atoms with Crippen LogP contribution in [-0.4, -0.2) is 19.2 Å². The average molecular weight is 224 g/mol. The summed E-state index contributed by atoms with van der Waals surface area (Å²) in [5, 5.41) is 0. The Labute approximate surface area is 93.2 Å². The normalized spacial score (nSPS) is 27.6. The molecule has 16 heavy (non-hydrogen) atoms. The highest BCUT2D eigenvalue weighted by molar-refractivity contribution is 5.79. The van der Waals surface area contributed by atoms with Crippen LogP contribution in [0.25, 0.3) is 0 Å². The molecule has 1 fully saturated rings. The van der Waals surface area contributed by atoms with Crippen LogP contribution in [0.5, 0.6) is 0 Å². The second-order valence-corrected chi connectivity index (χ2v) is 3.74. The SMILES string of the molecule is CCC1(c2ccccc2F)OC1C(=O)OC. The molecule has 0 aliphatic carbocycles. The van der Waals surface area contributed by atoms with E-state index in [2.05, 4.69) is 4.74 Å². The summed E-state index contributed by atoms with van der Waals surface area (Å²) in [6.45, 7) is 1.86. The van der Waals surface area contributed by atoms with Crippen molar-refractivity contribution >= 4 is 5.97 Å². The number of carbonyl (C=O) groups excluding carboxylic acids is 1. The van der Waals surface area contributed by atoms with Crippen LogP contribution in [0, 0.1) is 5.82 Å². The third kappa shape index (κ3) is 1.50. The summed E-state index contributed by atoms with van der Waals surface area (Å²) >= 11 is 0. The van der Waals surface area contributed by atoms with E-state index in [1.807, 2.05) is 6.92 Å². The summed E-state index contributed by atoms with van der Waals surface area (Å²) in [6.07, 6.45) is -0.146. The zero-order valence-corrected chi connectivity index (χ0v) is 9.20. The Morgan fingerprint density at radius 1 is 1.56 bits per heavy atom. The van der Waals surface area contributed by atoms with Gasteiger partial charge in [0.1, 0.15) is 11.4 Å². The highest BCUT2D eigenvalue weighted by Crippen LogP contribution is 2.50. The summed E-state index contributed by atoms with van der Waals surface area (Å²) < 4.78 is 23.6. The zero-order valence-electron chi connectivity index (χ0n) is 9.20. The highest BCUT2D eigenvalue weighted by Gasteiger charge is 2.62. The van der Waals surface area contributed by atoms with Gasteiger partial charge in [0.05, 0.1) is 7.11 Å². The number of hydrogen-bond acceptors (Lipinski definition) is 3. The lowest BCUT2D eigenvalue weighted by Gasteiger charge is -2.10. The molecule has 1 heterocycles. The Bertz CT molecular complexity index is 418. The molecule has 1 aliphatic heterocycles. The van der Waals surface area contributed by atoms with Crippen LogP contribution in [0.15, 0.2) is 24.3 Å². The van der Waals surface area contributed by atoms with Gasteiger partial charge in [-0.1, -0.05) is 25.1 Å². The Hall–Kier alpha value is -1.42. The molecular formula is C12H13FO3. The fourth-order valence-corrected chi connectivity index (χ4v) is 1.99. The quantitative estimate of drug-likeness (QED) is 0.582. The van der Waals surface area contributed by atoms with Crippen molar-refractivity contribution in [2.45, 2.75) is 25.0 Å². The summed E-state index contributed by atoms with van der Waals surface area (Å²) in [5.41, 5.74) is -0.411. The molecule has 2 atom stereocenters. The Kier molecular flexibility index (Phi) is 2.68. The summed E-state index contributed by atoms with van der Waals surface area (Å²) in [5.74, 6) is -0.805. The number of esters is 1. The molecule has 2 rings (SSSR count). The molecule has 3 nitrogen and oxygen atoms in total. The van der Waals surface area contributed by atoms with Gasteiger partial charge in [0.15, 0.2) is 6.10 Å². The molecule has 1 aromatic carbocycles. The maximum absolute atomic E-state index is 13.6. The van der Waals surface area contributed by atoms with Gasteiger partial charge in [0.2, 0.25) is 0 Å². The van der Waals surface area contributed by atoms with Gasteiger partial charge in [-0.3, -0.25) is 0 Å². The van der Waals surface area contributed by atoms with Crippen LogP contribution in [0.1, 0.15) is 18.9 Å². The van der Waals surface area contributed by atoms with Crippen LogP contribution in [-0.2, 0) is 19.9 Å². The van der Waals surface area contributed by atoms with E-state index >= 15 is 0 Å². The highest BCUT2D eigenvalue weighted by atomic mass is 19.1. The zero-order chi connectivity index (χ0) is 11.8. The first-order chi connectivity index (χ1) is 7.65. The molecule has 0 saturated carbocycles. The summed E-state index contributed by atoms with van der Waals surface area (Å²) in [4.78, 5) is 11.4. The lowest BCUT2D eigenvalue weighted by atomic mass is 9.92. The molecule has 0 spiro atoms. The lowest BCUT2D eigenvalue weighted by molar-refractivity contribution is -0.142. The van der Waals surface area contributed by atoms with E-state index in [9.17, 15) is 9.18 Å². The van der Waals surface area contributed by atoms with Crippen molar-refractivity contribution in [1.82, 2.24) is 0 Å². The molecule has 1 saturated heterocycles. The van der Waals surface area contributed by atoms with Gasteiger partial charge >= 0.3 is 5.97 Å². The minimum absolute atomic E-state index is 0.351. The van der Waals surface area contributed by atoms with E-state index in [0.29, 0.717) is 12.0 Å². The van der Waals surface area contributed by atoms with E-state index in [1.165, 1.54) is 13.2 Å². The molecule has 0 bridgehead atoms. The van der Waals surface area contributed by atoms with Crippen LogP contribution in [0.4, 0.5) is 4.39 Å². The third-order valence-electron chi connectivity index (χ3n) is 2.96. The number of halogens is 1. The van der Waals surface area contributed by atoms with E-state index in [1.54, 1.807) is 18.2 Å². The van der Waals surface area contributed by atoms with Crippen molar-refractivity contribution in [3.05, 3.63) is 35.6 Å². The maximum atomic E-state index is 13.6. The maximum Gasteiger partial charge on any atom is 0.338 e. The fourth-order valence-electron chi connectivity index (χ4n) is 1.99. The number of ether oxygens (including phenoxy) is 2. The molecule has 1 aliphatic rings. The molecule has 4 heteroatoms.